The zero-order valence-electron chi connectivity index (χ0n) is 6.65. The predicted molar refractivity (Wildman–Crippen MR) is 43.2 cm³/mol. The van der Waals surface area contributed by atoms with Crippen LogP contribution in [0.4, 0.5) is 0 Å². The quantitative estimate of drug-likeness (QED) is 0.626. The van der Waals surface area contributed by atoms with E-state index >= 15 is 0 Å². The minimum atomic E-state index is -0.418. The first-order chi connectivity index (χ1) is 4.54. The number of rotatable bonds is 3. The molecule has 0 saturated carbocycles. The second-order valence-electron chi connectivity index (χ2n) is 2.76. The van der Waals surface area contributed by atoms with Crippen molar-refractivity contribution < 1.29 is 4.79 Å². The summed E-state index contributed by atoms with van der Waals surface area (Å²) in [4.78, 5) is 10.8. The summed E-state index contributed by atoms with van der Waals surface area (Å²) in [6, 6.07) is 0. The molecule has 2 nitrogen and oxygen atoms in total. The number of carbonyl (C=O) groups is 1. The van der Waals surface area contributed by atoms with E-state index in [2.05, 4.69) is 5.32 Å². The molecule has 1 unspecified atom stereocenters. The third kappa shape index (κ3) is 4.62. The smallest absolute Gasteiger partial charge is 0.237 e. The van der Waals surface area contributed by atoms with Gasteiger partial charge in [-0.25, -0.2) is 0 Å². The van der Waals surface area contributed by atoms with Gasteiger partial charge in [0.2, 0.25) is 5.91 Å². The molecule has 60 valence electrons. The first kappa shape index (κ1) is 9.76. The van der Waals surface area contributed by atoms with Crippen molar-refractivity contribution in [3.8, 4) is 0 Å². The molecule has 0 saturated heterocycles. The molecule has 0 aromatic rings. The first-order valence-electron chi connectivity index (χ1n) is 3.45. The molecule has 0 heterocycles. The van der Waals surface area contributed by atoms with Crippen LogP contribution < -0.4 is 5.32 Å². The number of halogens is 1. The highest BCUT2D eigenvalue weighted by Crippen LogP contribution is 1.93. The second kappa shape index (κ2) is 4.56. The summed E-state index contributed by atoms with van der Waals surface area (Å²) in [5, 5.41) is 2.29. The van der Waals surface area contributed by atoms with E-state index in [1.54, 1.807) is 6.92 Å². The molecule has 3 heteroatoms. The van der Waals surface area contributed by atoms with Gasteiger partial charge in [0.05, 0.1) is 0 Å². The van der Waals surface area contributed by atoms with Gasteiger partial charge in [-0.3, -0.25) is 4.79 Å². The van der Waals surface area contributed by atoms with Crippen molar-refractivity contribution >= 4 is 17.5 Å². The fourth-order valence-electron chi connectivity index (χ4n) is 0.445. The summed E-state index contributed by atoms with van der Waals surface area (Å²) >= 11 is 5.50. The zero-order chi connectivity index (χ0) is 8.15. The molecule has 1 amide bonds. The van der Waals surface area contributed by atoms with E-state index in [-0.39, 0.29) is 5.91 Å². The van der Waals surface area contributed by atoms with Crippen molar-refractivity contribution in [3.63, 3.8) is 0 Å². The lowest BCUT2D eigenvalue weighted by atomic mass is 10.2. The Kier molecular flexibility index (Phi) is 4.45. The van der Waals surface area contributed by atoms with Gasteiger partial charge < -0.3 is 5.32 Å². The maximum absolute atomic E-state index is 10.8. The van der Waals surface area contributed by atoms with Crippen LogP contribution in [0.3, 0.4) is 0 Å². The van der Waals surface area contributed by atoms with Crippen LogP contribution in [0.15, 0.2) is 0 Å². The molecule has 0 fully saturated rings. The Labute approximate surface area is 66.9 Å². The Morgan fingerprint density at radius 3 is 2.30 bits per heavy atom. The van der Waals surface area contributed by atoms with E-state index in [1.807, 2.05) is 13.8 Å². The predicted octanol–water partition coefficient (Wildman–Crippen LogP) is 1.39. The fourth-order valence-corrected chi connectivity index (χ4v) is 0.523. The Hall–Kier alpha value is -0.240. The molecule has 0 aliphatic carbocycles. The van der Waals surface area contributed by atoms with E-state index < -0.39 is 5.38 Å². The summed E-state index contributed by atoms with van der Waals surface area (Å²) in [5.74, 6) is 0.398. The Balaban J connectivity index is 3.40. The van der Waals surface area contributed by atoms with Gasteiger partial charge in [-0.15, -0.1) is 11.6 Å². The maximum atomic E-state index is 10.8. The van der Waals surface area contributed by atoms with Crippen molar-refractivity contribution in [2.24, 2.45) is 5.92 Å². The van der Waals surface area contributed by atoms with Gasteiger partial charge >= 0.3 is 0 Å². The molecule has 0 bridgehead atoms. The molecule has 0 aromatic heterocycles. The molecule has 0 rings (SSSR count). The van der Waals surface area contributed by atoms with Crippen molar-refractivity contribution in [1.82, 2.24) is 5.32 Å². The summed E-state index contributed by atoms with van der Waals surface area (Å²) in [7, 11) is 0. The Bertz CT molecular complexity index is 112. The van der Waals surface area contributed by atoms with Crippen LogP contribution >= 0.6 is 11.6 Å². The average molecular weight is 164 g/mol. The van der Waals surface area contributed by atoms with Crippen molar-refractivity contribution in [2.75, 3.05) is 6.54 Å². The van der Waals surface area contributed by atoms with Crippen LogP contribution in [-0.2, 0) is 4.79 Å². The number of hydrogen-bond donors (Lipinski definition) is 1. The number of nitrogens with one attached hydrogen (secondary N) is 1. The number of carbonyl (C=O) groups excluding carboxylic acids is 1. The van der Waals surface area contributed by atoms with Crippen LogP contribution in [-0.4, -0.2) is 17.8 Å². The highest BCUT2D eigenvalue weighted by Gasteiger charge is 2.07. The van der Waals surface area contributed by atoms with Crippen LogP contribution in [0.2, 0.25) is 0 Å². The summed E-state index contributed by atoms with van der Waals surface area (Å²) in [6.45, 7) is 6.45. The fraction of sp³-hybridized carbons (Fsp3) is 0.857. The van der Waals surface area contributed by atoms with Gasteiger partial charge in [0, 0.05) is 6.54 Å². The maximum Gasteiger partial charge on any atom is 0.237 e. The second-order valence-corrected chi connectivity index (χ2v) is 3.41. The molecule has 0 aliphatic heterocycles. The minimum Gasteiger partial charge on any atom is -0.355 e. The first-order valence-corrected chi connectivity index (χ1v) is 3.89. The standard InChI is InChI=1S/C7H14ClNO/c1-5(2)4-9-7(10)6(3)8/h5-6H,4H2,1-3H3,(H,9,10). The Morgan fingerprint density at radius 1 is 1.50 bits per heavy atom. The van der Waals surface area contributed by atoms with Gasteiger partial charge in [0.15, 0.2) is 0 Å². The largest absolute Gasteiger partial charge is 0.355 e. The lowest BCUT2D eigenvalue weighted by Gasteiger charge is -2.07. The topological polar surface area (TPSA) is 29.1 Å². The van der Waals surface area contributed by atoms with Gasteiger partial charge in [-0.2, -0.15) is 0 Å². The number of hydrogen-bond acceptors (Lipinski definition) is 1. The van der Waals surface area contributed by atoms with Crippen molar-refractivity contribution in [2.45, 2.75) is 26.1 Å². The number of alkyl halides is 1. The van der Waals surface area contributed by atoms with E-state index in [1.165, 1.54) is 0 Å². The number of amides is 1. The minimum absolute atomic E-state index is 0.0876. The van der Waals surface area contributed by atoms with Gasteiger partial charge in [0.25, 0.3) is 0 Å². The molecule has 0 spiro atoms. The molecule has 0 radical (unpaired) electrons. The summed E-state index contributed by atoms with van der Waals surface area (Å²) < 4.78 is 0. The summed E-state index contributed by atoms with van der Waals surface area (Å²) in [5.41, 5.74) is 0. The van der Waals surface area contributed by atoms with Crippen LogP contribution in [0.1, 0.15) is 20.8 Å². The highest BCUT2D eigenvalue weighted by molar-refractivity contribution is 6.30. The monoisotopic (exact) mass is 163 g/mol. The zero-order valence-corrected chi connectivity index (χ0v) is 7.40. The molecule has 10 heavy (non-hydrogen) atoms. The average Bonchev–Trinajstić information content (AvgIpc) is 1.82. The third-order valence-corrected chi connectivity index (χ3v) is 1.24. The van der Waals surface area contributed by atoms with Gasteiger partial charge in [-0.05, 0) is 12.8 Å². The molecule has 0 aliphatic rings. The van der Waals surface area contributed by atoms with Crippen molar-refractivity contribution in [3.05, 3.63) is 0 Å². The summed E-state index contributed by atoms with van der Waals surface area (Å²) in [6.07, 6.45) is 0. The molecular weight excluding hydrogens is 150 g/mol. The highest BCUT2D eigenvalue weighted by atomic mass is 35.5. The van der Waals surface area contributed by atoms with Crippen molar-refractivity contribution in [1.29, 1.82) is 0 Å². The van der Waals surface area contributed by atoms with Crippen LogP contribution in [0.5, 0.6) is 0 Å². The van der Waals surface area contributed by atoms with E-state index in [0.717, 1.165) is 0 Å². The molecule has 0 aromatic carbocycles. The van der Waals surface area contributed by atoms with Crippen LogP contribution in [0.25, 0.3) is 0 Å². The Morgan fingerprint density at radius 2 is 2.00 bits per heavy atom. The van der Waals surface area contributed by atoms with E-state index in [4.69, 9.17) is 11.6 Å². The molecule has 1 atom stereocenters. The van der Waals surface area contributed by atoms with E-state index in [0.29, 0.717) is 12.5 Å². The van der Waals surface area contributed by atoms with Gasteiger partial charge in [-0.1, -0.05) is 13.8 Å². The molecular formula is C7H14ClNO. The van der Waals surface area contributed by atoms with Crippen LogP contribution in [0, 0.1) is 5.92 Å². The SMILES string of the molecule is CC(C)CNC(=O)C(C)Cl. The lowest BCUT2D eigenvalue weighted by molar-refractivity contribution is -0.120. The third-order valence-electron chi connectivity index (χ3n) is 1.05. The molecule has 1 N–H and O–H groups in total. The van der Waals surface area contributed by atoms with E-state index in [9.17, 15) is 4.79 Å². The lowest BCUT2D eigenvalue weighted by Crippen LogP contribution is -2.32. The normalized spacial score (nSPS) is 13.3. The van der Waals surface area contributed by atoms with Gasteiger partial charge in [0.1, 0.15) is 5.38 Å².